The second kappa shape index (κ2) is 10.2. The normalized spacial score (nSPS) is 11.5. The standard InChI is InChI=1S/C21H24N2O7/c1-13(2)19(21(25)30-12-14-5-7-16(8-6-14)23(26)27)22-20(24)15-9-17(28-3)11-18(10-15)29-4/h5-11,13,19H,12H2,1-4H3,(H,22,24)/t19-/m1/s1. The maximum absolute atomic E-state index is 12.7. The third kappa shape index (κ3) is 5.94. The van der Waals surface area contributed by atoms with Gasteiger partial charge in [0.1, 0.15) is 24.1 Å². The van der Waals surface area contributed by atoms with Crippen LogP contribution in [0.2, 0.25) is 0 Å². The molecule has 30 heavy (non-hydrogen) atoms. The van der Waals surface area contributed by atoms with Gasteiger partial charge in [-0.05, 0) is 35.7 Å². The number of nitrogens with zero attached hydrogens (tertiary/aromatic N) is 1. The van der Waals surface area contributed by atoms with E-state index in [-0.39, 0.29) is 23.8 Å². The fourth-order valence-electron chi connectivity index (χ4n) is 2.62. The van der Waals surface area contributed by atoms with Crippen LogP contribution in [0.5, 0.6) is 11.5 Å². The summed E-state index contributed by atoms with van der Waals surface area (Å²) in [6.45, 7) is 3.50. The van der Waals surface area contributed by atoms with Crippen LogP contribution in [0, 0.1) is 16.0 Å². The van der Waals surface area contributed by atoms with Gasteiger partial charge in [-0.2, -0.15) is 0 Å². The van der Waals surface area contributed by atoms with E-state index in [0.717, 1.165) is 0 Å². The number of benzene rings is 2. The molecule has 0 saturated carbocycles. The first-order chi connectivity index (χ1) is 14.2. The van der Waals surface area contributed by atoms with Crippen LogP contribution < -0.4 is 14.8 Å². The molecule has 0 fully saturated rings. The van der Waals surface area contributed by atoms with Crippen molar-refractivity contribution in [1.82, 2.24) is 5.32 Å². The van der Waals surface area contributed by atoms with Crippen LogP contribution in [-0.2, 0) is 16.1 Å². The summed E-state index contributed by atoms with van der Waals surface area (Å²) in [4.78, 5) is 35.4. The number of hydrogen-bond donors (Lipinski definition) is 1. The average molecular weight is 416 g/mol. The fourth-order valence-corrected chi connectivity index (χ4v) is 2.62. The van der Waals surface area contributed by atoms with Gasteiger partial charge in [0, 0.05) is 23.8 Å². The van der Waals surface area contributed by atoms with Gasteiger partial charge >= 0.3 is 5.97 Å². The summed E-state index contributed by atoms with van der Waals surface area (Å²) in [5.41, 5.74) is 0.825. The lowest BCUT2D eigenvalue weighted by Gasteiger charge is -2.21. The summed E-state index contributed by atoms with van der Waals surface area (Å²) in [5.74, 6) is -0.418. The van der Waals surface area contributed by atoms with Crippen molar-refractivity contribution in [2.45, 2.75) is 26.5 Å². The van der Waals surface area contributed by atoms with E-state index in [9.17, 15) is 19.7 Å². The number of methoxy groups -OCH3 is 2. The number of esters is 1. The monoisotopic (exact) mass is 416 g/mol. The van der Waals surface area contributed by atoms with Crippen LogP contribution in [0.25, 0.3) is 0 Å². The number of hydrogen-bond acceptors (Lipinski definition) is 7. The highest BCUT2D eigenvalue weighted by Crippen LogP contribution is 2.23. The van der Waals surface area contributed by atoms with Crippen molar-refractivity contribution in [3.63, 3.8) is 0 Å². The quantitative estimate of drug-likeness (QED) is 0.379. The van der Waals surface area contributed by atoms with Crippen molar-refractivity contribution in [3.05, 3.63) is 63.7 Å². The van der Waals surface area contributed by atoms with Gasteiger partial charge in [-0.1, -0.05) is 13.8 Å². The Balaban J connectivity index is 2.06. The summed E-state index contributed by atoms with van der Waals surface area (Å²) in [5, 5.41) is 13.4. The van der Waals surface area contributed by atoms with E-state index in [4.69, 9.17) is 14.2 Å². The van der Waals surface area contributed by atoms with Gasteiger partial charge in [-0.3, -0.25) is 14.9 Å². The van der Waals surface area contributed by atoms with E-state index in [0.29, 0.717) is 17.1 Å². The summed E-state index contributed by atoms with van der Waals surface area (Å²) >= 11 is 0. The van der Waals surface area contributed by atoms with Crippen molar-refractivity contribution >= 4 is 17.6 Å². The Morgan fingerprint density at radius 1 is 1.03 bits per heavy atom. The van der Waals surface area contributed by atoms with Crippen LogP contribution >= 0.6 is 0 Å². The van der Waals surface area contributed by atoms with Crippen molar-refractivity contribution in [2.24, 2.45) is 5.92 Å². The lowest BCUT2D eigenvalue weighted by atomic mass is 10.0. The molecule has 9 heteroatoms. The molecule has 0 aliphatic carbocycles. The maximum Gasteiger partial charge on any atom is 0.329 e. The van der Waals surface area contributed by atoms with E-state index in [2.05, 4.69) is 5.32 Å². The molecule has 2 aromatic rings. The molecule has 1 atom stereocenters. The number of nitro groups is 1. The molecule has 0 aliphatic heterocycles. The minimum Gasteiger partial charge on any atom is -0.497 e. The molecule has 160 valence electrons. The predicted molar refractivity (Wildman–Crippen MR) is 109 cm³/mol. The number of carbonyl (C=O) groups is 2. The highest BCUT2D eigenvalue weighted by molar-refractivity contribution is 5.97. The van der Waals surface area contributed by atoms with E-state index in [1.54, 1.807) is 19.9 Å². The van der Waals surface area contributed by atoms with E-state index in [1.807, 2.05) is 0 Å². The Bertz CT molecular complexity index is 888. The Labute approximate surface area is 174 Å². The molecule has 2 rings (SSSR count). The molecule has 1 amide bonds. The maximum atomic E-state index is 12.7. The number of nitrogens with one attached hydrogen (secondary N) is 1. The molecule has 0 heterocycles. The number of amides is 1. The lowest BCUT2D eigenvalue weighted by molar-refractivity contribution is -0.384. The summed E-state index contributed by atoms with van der Waals surface area (Å²) in [6, 6.07) is 9.52. The van der Waals surface area contributed by atoms with Gasteiger partial charge in [0.2, 0.25) is 0 Å². The van der Waals surface area contributed by atoms with Gasteiger partial charge in [-0.15, -0.1) is 0 Å². The molecular weight excluding hydrogens is 392 g/mol. The highest BCUT2D eigenvalue weighted by Gasteiger charge is 2.26. The van der Waals surface area contributed by atoms with Gasteiger partial charge in [-0.25, -0.2) is 4.79 Å². The van der Waals surface area contributed by atoms with Gasteiger partial charge < -0.3 is 19.5 Å². The Morgan fingerprint density at radius 3 is 2.07 bits per heavy atom. The fraction of sp³-hybridized carbons (Fsp3) is 0.333. The van der Waals surface area contributed by atoms with Crippen molar-refractivity contribution in [2.75, 3.05) is 14.2 Å². The molecule has 0 bridgehead atoms. The third-order valence-electron chi connectivity index (χ3n) is 4.35. The molecule has 0 spiro atoms. The molecular formula is C21H24N2O7. The van der Waals surface area contributed by atoms with Crippen LogP contribution in [0.1, 0.15) is 29.8 Å². The minimum atomic E-state index is -0.882. The molecule has 0 saturated heterocycles. The van der Waals surface area contributed by atoms with Crippen molar-refractivity contribution in [3.8, 4) is 11.5 Å². The van der Waals surface area contributed by atoms with Crippen LogP contribution in [0.4, 0.5) is 5.69 Å². The van der Waals surface area contributed by atoms with Crippen LogP contribution in [0.3, 0.4) is 0 Å². The second-order valence-electron chi connectivity index (χ2n) is 6.83. The highest BCUT2D eigenvalue weighted by atomic mass is 16.6. The van der Waals surface area contributed by atoms with Crippen molar-refractivity contribution < 1.29 is 28.7 Å². The van der Waals surface area contributed by atoms with Crippen LogP contribution in [-0.4, -0.2) is 37.1 Å². The zero-order valence-electron chi connectivity index (χ0n) is 17.2. The molecule has 1 N–H and O–H groups in total. The lowest BCUT2D eigenvalue weighted by Crippen LogP contribution is -2.45. The number of carbonyl (C=O) groups excluding carboxylic acids is 2. The predicted octanol–water partition coefficient (Wildman–Crippen LogP) is 3.11. The number of non-ortho nitro benzene ring substituents is 1. The summed E-state index contributed by atoms with van der Waals surface area (Å²) in [7, 11) is 2.95. The molecule has 0 radical (unpaired) electrons. The summed E-state index contributed by atoms with van der Waals surface area (Å²) in [6.07, 6.45) is 0. The number of ether oxygens (including phenoxy) is 3. The topological polar surface area (TPSA) is 117 Å². The van der Waals surface area contributed by atoms with Crippen LogP contribution in [0.15, 0.2) is 42.5 Å². The minimum absolute atomic E-state index is 0.0499. The average Bonchev–Trinajstić information content (AvgIpc) is 2.75. The molecule has 2 aromatic carbocycles. The third-order valence-corrected chi connectivity index (χ3v) is 4.35. The largest absolute Gasteiger partial charge is 0.497 e. The number of rotatable bonds is 9. The van der Waals surface area contributed by atoms with Crippen molar-refractivity contribution in [1.29, 1.82) is 0 Å². The first-order valence-electron chi connectivity index (χ1n) is 9.19. The molecule has 0 aromatic heterocycles. The summed E-state index contributed by atoms with van der Waals surface area (Å²) < 4.78 is 15.6. The molecule has 9 nitrogen and oxygen atoms in total. The molecule has 0 unspecified atom stereocenters. The van der Waals surface area contributed by atoms with E-state index in [1.165, 1.54) is 50.6 Å². The first kappa shape index (κ1) is 22.7. The zero-order valence-corrected chi connectivity index (χ0v) is 17.2. The molecule has 0 aliphatic rings. The van der Waals surface area contributed by atoms with Gasteiger partial charge in [0.05, 0.1) is 19.1 Å². The smallest absolute Gasteiger partial charge is 0.329 e. The van der Waals surface area contributed by atoms with E-state index < -0.39 is 22.8 Å². The Morgan fingerprint density at radius 2 is 1.60 bits per heavy atom. The van der Waals surface area contributed by atoms with E-state index >= 15 is 0 Å². The van der Waals surface area contributed by atoms with Gasteiger partial charge in [0.15, 0.2) is 0 Å². The Kier molecular flexibility index (Phi) is 7.74. The number of nitro benzene ring substituents is 1. The SMILES string of the molecule is COc1cc(OC)cc(C(=O)N[C@@H](C(=O)OCc2ccc([N+](=O)[O-])cc2)C(C)C)c1. The second-order valence-corrected chi connectivity index (χ2v) is 6.83. The Hall–Kier alpha value is -3.62. The zero-order chi connectivity index (χ0) is 22.3. The first-order valence-corrected chi connectivity index (χ1v) is 9.19. The van der Waals surface area contributed by atoms with Gasteiger partial charge in [0.25, 0.3) is 11.6 Å².